The van der Waals surface area contributed by atoms with Crippen molar-refractivity contribution in [1.29, 1.82) is 0 Å². The van der Waals surface area contributed by atoms with Crippen LogP contribution in [0.1, 0.15) is 20.8 Å². The lowest BCUT2D eigenvalue weighted by Gasteiger charge is -2.19. The maximum Gasteiger partial charge on any atom is 0.412 e. The van der Waals surface area contributed by atoms with Crippen LogP contribution in [0.25, 0.3) is 26.4 Å². The van der Waals surface area contributed by atoms with Crippen LogP contribution >= 0.6 is 11.3 Å². The molecule has 0 radical (unpaired) electrons. The second kappa shape index (κ2) is 6.14. The van der Waals surface area contributed by atoms with Gasteiger partial charge in [-0.1, -0.05) is 41.7 Å². The van der Waals surface area contributed by atoms with Crippen molar-refractivity contribution in [1.82, 2.24) is 9.38 Å². The molecule has 1 amide bonds. The second-order valence-corrected chi connectivity index (χ2v) is 8.07. The molecule has 5 nitrogen and oxygen atoms in total. The summed E-state index contributed by atoms with van der Waals surface area (Å²) in [7, 11) is 0. The minimum Gasteiger partial charge on any atom is -0.444 e. The zero-order valence-electron chi connectivity index (χ0n) is 14.8. The number of hydrogen-bond acceptors (Lipinski definition) is 4. The largest absolute Gasteiger partial charge is 0.444 e. The molecule has 26 heavy (non-hydrogen) atoms. The summed E-state index contributed by atoms with van der Waals surface area (Å²) >= 11 is 1.59. The van der Waals surface area contributed by atoms with E-state index in [9.17, 15) is 4.79 Å². The Labute approximate surface area is 155 Å². The molecule has 2 aromatic carbocycles. The number of carbonyl (C=O) groups is 1. The average Bonchev–Trinajstić information content (AvgIpc) is 3.11. The highest BCUT2D eigenvalue weighted by atomic mass is 32.1. The molecule has 2 aromatic heterocycles. The lowest BCUT2D eigenvalue weighted by Crippen LogP contribution is -2.27. The minimum absolute atomic E-state index is 0.454. The zero-order chi connectivity index (χ0) is 18.3. The van der Waals surface area contributed by atoms with Crippen LogP contribution in [0, 0.1) is 0 Å². The molecule has 0 aliphatic rings. The van der Waals surface area contributed by atoms with E-state index in [0.717, 1.165) is 26.4 Å². The smallest absolute Gasteiger partial charge is 0.412 e. The molecule has 0 bridgehead atoms. The molecule has 0 aliphatic heterocycles. The van der Waals surface area contributed by atoms with Gasteiger partial charge in [0.2, 0.25) is 0 Å². The van der Waals surface area contributed by atoms with Crippen LogP contribution in [0.3, 0.4) is 0 Å². The van der Waals surface area contributed by atoms with Crippen molar-refractivity contribution >= 4 is 38.3 Å². The maximum atomic E-state index is 11.9. The molecule has 6 heteroatoms. The van der Waals surface area contributed by atoms with Gasteiger partial charge in [0.25, 0.3) is 0 Å². The van der Waals surface area contributed by atoms with E-state index in [1.165, 1.54) is 0 Å². The summed E-state index contributed by atoms with van der Waals surface area (Å²) in [5.74, 6) is 0. The summed E-state index contributed by atoms with van der Waals surface area (Å²) in [4.78, 5) is 17.6. The minimum atomic E-state index is -0.522. The first-order valence-electron chi connectivity index (χ1n) is 8.36. The number of ether oxygens (including phenoxy) is 1. The summed E-state index contributed by atoms with van der Waals surface area (Å²) in [6, 6.07) is 15.9. The number of anilines is 1. The number of carbonyl (C=O) groups excluding carboxylic acids is 1. The first-order chi connectivity index (χ1) is 12.4. The Morgan fingerprint density at radius 2 is 1.92 bits per heavy atom. The lowest BCUT2D eigenvalue weighted by atomic mass is 10.2. The Morgan fingerprint density at radius 3 is 2.65 bits per heavy atom. The number of aromatic nitrogens is 2. The number of benzene rings is 2. The van der Waals surface area contributed by atoms with Crippen LogP contribution in [-0.4, -0.2) is 21.1 Å². The van der Waals surface area contributed by atoms with Crippen molar-refractivity contribution in [2.24, 2.45) is 0 Å². The van der Waals surface area contributed by atoms with Gasteiger partial charge in [0.1, 0.15) is 5.60 Å². The molecule has 0 atom stereocenters. The van der Waals surface area contributed by atoms with Crippen LogP contribution in [0.5, 0.6) is 0 Å². The van der Waals surface area contributed by atoms with Gasteiger partial charge in [-0.3, -0.25) is 9.72 Å². The Kier molecular flexibility index (Phi) is 3.92. The van der Waals surface area contributed by atoms with Crippen molar-refractivity contribution < 1.29 is 9.53 Å². The number of nitrogens with zero attached hydrogens (tertiary/aromatic N) is 2. The number of nitrogens with one attached hydrogen (secondary N) is 1. The third-order valence-corrected chi connectivity index (χ3v) is 4.83. The molecule has 4 rings (SSSR count). The summed E-state index contributed by atoms with van der Waals surface area (Å²) in [6.07, 6.45) is 1.59. The van der Waals surface area contributed by atoms with Gasteiger partial charge in [0, 0.05) is 17.4 Å². The molecule has 1 N–H and O–H groups in total. The van der Waals surface area contributed by atoms with Gasteiger partial charge < -0.3 is 4.74 Å². The molecule has 0 spiro atoms. The average molecular weight is 365 g/mol. The standard InChI is InChI=1S/C20H19N3O2S/c1-20(2,3)25-19(24)21-14-9-10-16-17(11-14)26-18-22-15(12-23(16)18)13-7-5-4-6-8-13/h4-12H,1-3H3,(H,21,24). The molecule has 0 saturated heterocycles. The third-order valence-electron chi connectivity index (χ3n) is 3.81. The van der Waals surface area contributed by atoms with E-state index in [2.05, 4.69) is 21.9 Å². The normalized spacial score (nSPS) is 11.8. The van der Waals surface area contributed by atoms with Crippen molar-refractivity contribution in [3.8, 4) is 11.3 Å². The number of rotatable bonds is 2. The van der Waals surface area contributed by atoms with Crippen molar-refractivity contribution in [2.75, 3.05) is 5.32 Å². The van der Waals surface area contributed by atoms with E-state index in [1.807, 2.05) is 63.4 Å². The van der Waals surface area contributed by atoms with Crippen LogP contribution in [-0.2, 0) is 4.74 Å². The van der Waals surface area contributed by atoms with Gasteiger partial charge in [-0.2, -0.15) is 0 Å². The van der Waals surface area contributed by atoms with Crippen LogP contribution in [0.15, 0.2) is 54.7 Å². The summed E-state index contributed by atoms with van der Waals surface area (Å²) in [5.41, 5.74) is 3.30. The highest BCUT2D eigenvalue weighted by Gasteiger charge is 2.17. The topological polar surface area (TPSA) is 55.6 Å². The van der Waals surface area contributed by atoms with Gasteiger partial charge in [0.15, 0.2) is 4.96 Å². The molecule has 2 heterocycles. The van der Waals surface area contributed by atoms with E-state index in [-0.39, 0.29) is 0 Å². The number of fused-ring (bicyclic) bond motifs is 3. The molecule has 0 unspecified atom stereocenters. The predicted molar refractivity (Wildman–Crippen MR) is 106 cm³/mol. The summed E-state index contributed by atoms with van der Waals surface area (Å²) in [6.45, 7) is 5.52. The summed E-state index contributed by atoms with van der Waals surface area (Å²) in [5, 5.41) is 2.78. The Hall–Kier alpha value is -2.86. The van der Waals surface area contributed by atoms with E-state index in [4.69, 9.17) is 9.72 Å². The Bertz CT molecular complexity index is 1090. The third kappa shape index (κ3) is 3.28. The quantitative estimate of drug-likeness (QED) is 0.506. The number of imidazole rings is 1. The molecular weight excluding hydrogens is 346 g/mol. The number of hydrogen-bond donors (Lipinski definition) is 1. The van der Waals surface area contributed by atoms with E-state index >= 15 is 0 Å². The van der Waals surface area contributed by atoms with E-state index in [1.54, 1.807) is 11.3 Å². The number of amides is 1. The van der Waals surface area contributed by atoms with Gasteiger partial charge in [-0.25, -0.2) is 9.78 Å². The first kappa shape index (κ1) is 16.6. The monoisotopic (exact) mass is 365 g/mol. The summed E-state index contributed by atoms with van der Waals surface area (Å²) < 4.78 is 8.44. The second-order valence-electron chi connectivity index (χ2n) is 7.06. The van der Waals surface area contributed by atoms with Gasteiger partial charge >= 0.3 is 6.09 Å². The lowest BCUT2D eigenvalue weighted by molar-refractivity contribution is 0.0636. The predicted octanol–water partition coefficient (Wildman–Crippen LogP) is 5.56. The van der Waals surface area contributed by atoms with Crippen molar-refractivity contribution in [2.45, 2.75) is 26.4 Å². The zero-order valence-corrected chi connectivity index (χ0v) is 15.6. The van der Waals surface area contributed by atoms with Crippen molar-refractivity contribution in [3.05, 3.63) is 54.7 Å². The van der Waals surface area contributed by atoms with E-state index in [0.29, 0.717) is 5.69 Å². The SMILES string of the molecule is CC(C)(C)OC(=O)Nc1ccc2c(c1)sc1nc(-c3ccccc3)cn12. The van der Waals surface area contributed by atoms with Gasteiger partial charge in [-0.15, -0.1) is 0 Å². The Morgan fingerprint density at radius 1 is 1.15 bits per heavy atom. The maximum absolute atomic E-state index is 11.9. The fourth-order valence-electron chi connectivity index (χ4n) is 2.75. The number of thiazole rings is 1. The first-order valence-corrected chi connectivity index (χ1v) is 9.18. The highest BCUT2D eigenvalue weighted by Crippen LogP contribution is 2.31. The molecule has 0 fully saturated rings. The van der Waals surface area contributed by atoms with Crippen LogP contribution in [0.4, 0.5) is 10.5 Å². The van der Waals surface area contributed by atoms with Crippen LogP contribution in [0.2, 0.25) is 0 Å². The highest BCUT2D eigenvalue weighted by molar-refractivity contribution is 7.23. The van der Waals surface area contributed by atoms with Crippen molar-refractivity contribution in [3.63, 3.8) is 0 Å². The molecule has 4 aromatic rings. The fraction of sp³-hybridized carbons (Fsp3) is 0.200. The fourth-order valence-corrected chi connectivity index (χ4v) is 3.80. The molecule has 0 aliphatic carbocycles. The Balaban J connectivity index is 1.64. The molecular formula is C20H19N3O2S. The molecule has 132 valence electrons. The molecule has 0 saturated carbocycles. The van der Waals surface area contributed by atoms with Gasteiger partial charge in [-0.05, 0) is 39.0 Å². The van der Waals surface area contributed by atoms with E-state index < -0.39 is 11.7 Å². The van der Waals surface area contributed by atoms with Crippen LogP contribution < -0.4 is 5.32 Å². The van der Waals surface area contributed by atoms with Gasteiger partial charge in [0.05, 0.1) is 15.9 Å².